The largest absolute Gasteiger partial charge is 0.346 e. The van der Waals surface area contributed by atoms with Crippen LogP contribution in [0.2, 0.25) is 0 Å². The minimum atomic E-state index is -0.617. The topological polar surface area (TPSA) is 65.8 Å². The van der Waals surface area contributed by atoms with E-state index in [1.54, 1.807) is 6.92 Å². The third kappa shape index (κ3) is 3.03. The van der Waals surface area contributed by atoms with Gasteiger partial charge in [0.15, 0.2) is 0 Å². The van der Waals surface area contributed by atoms with Gasteiger partial charge >= 0.3 is 0 Å². The van der Waals surface area contributed by atoms with Crippen molar-refractivity contribution < 1.29 is 4.79 Å². The number of nitriles is 1. The Morgan fingerprint density at radius 3 is 2.80 bits per heavy atom. The van der Waals surface area contributed by atoms with Crippen molar-refractivity contribution in [1.29, 1.82) is 5.26 Å². The predicted octanol–water partition coefficient (Wildman–Crippen LogP) is 1.79. The summed E-state index contributed by atoms with van der Waals surface area (Å²) in [4.78, 5) is 15.7. The molecule has 0 saturated carbocycles. The van der Waals surface area contributed by atoms with Gasteiger partial charge in [-0.05, 0) is 20.8 Å². The molecule has 0 aromatic carbocycles. The predicted molar refractivity (Wildman–Crippen MR) is 58.2 cm³/mol. The highest BCUT2D eigenvalue weighted by Crippen LogP contribution is 2.17. The summed E-state index contributed by atoms with van der Waals surface area (Å²) < 4.78 is 0. The molecule has 0 aliphatic heterocycles. The number of hydrogen-bond donors (Lipinski definition) is 1. The molecule has 1 heterocycles. The summed E-state index contributed by atoms with van der Waals surface area (Å²) in [7, 11) is 0. The lowest BCUT2D eigenvalue weighted by molar-refractivity contribution is -0.123. The Bertz CT molecular complexity index is 394. The van der Waals surface area contributed by atoms with E-state index in [4.69, 9.17) is 5.26 Å². The molecule has 4 nitrogen and oxygen atoms in total. The molecule has 1 rings (SSSR count). The highest BCUT2D eigenvalue weighted by Gasteiger charge is 2.16. The lowest BCUT2D eigenvalue weighted by atomic mass is 10.2. The van der Waals surface area contributed by atoms with Crippen LogP contribution in [0.4, 0.5) is 0 Å². The molecular formula is C10H13N3OS. The molecule has 0 aliphatic carbocycles. The zero-order valence-electron chi connectivity index (χ0n) is 8.94. The van der Waals surface area contributed by atoms with Crippen molar-refractivity contribution >= 4 is 17.2 Å². The van der Waals surface area contributed by atoms with Gasteiger partial charge in [0.2, 0.25) is 5.91 Å². The second-order valence-electron chi connectivity index (χ2n) is 3.41. The highest BCUT2D eigenvalue weighted by atomic mass is 32.1. The Morgan fingerprint density at radius 2 is 2.33 bits per heavy atom. The van der Waals surface area contributed by atoms with Crippen molar-refractivity contribution in [3.63, 3.8) is 0 Å². The number of carbonyl (C=O) groups is 1. The molecule has 0 aliphatic rings. The lowest BCUT2D eigenvalue weighted by Gasteiger charge is -2.11. The first kappa shape index (κ1) is 11.7. The van der Waals surface area contributed by atoms with Crippen LogP contribution >= 0.6 is 11.3 Å². The molecule has 0 spiro atoms. The van der Waals surface area contributed by atoms with E-state index in [0.717, 1.165) is 10.7 Å². The molecule has 80 valence electrons. The molecule has 0 fully saturated rings. The maximum Gasteiger partial charge on any atom is 0.237 e. The fourth-order valence-corrected chi connectivity index (χ4v) is 1.83. The second kappa shape index (κ2) is 4.89. The summed E-state index contributed by atoms with van der Waals surface area (Å²) in [5.74, 6) is -0.869. The van der Waals surface area contributed by atoms with Gasteiger partial charge in [-0.1, -0.05) is 0 Å². The number of amides is 1. The van der Waals surface area contributed by atoms with Crippen molar-refractivity contribution in [1.82, 2.24) is 10.3 Å². The van der Waals surface area contributed by atoms with Gasteiger partial charge in [-0.2, -0.15) is 5.26 Å². The molecule has 1 aromatic rings. The van der Waals surface area contributed by atoms with Gasteiger partial charge in [0, 0.05) is 11.1 Å². The monoisotopic (exact) mass is 223 g/mol. The van der Waals surface area contributed by atoms with Crippen LogP contribution in [0.5, 0.6) is 0 Å². The Kier molecular flexibility index (Phi) is 3.81. The maximum absolute atomic E-state index is 11.4. The SMILES string of the molecule is Cc1csc(C(C)NC(=O)C(C)C#N)n1. The molecule has 1 N–H and O–H groups in total. The fraction of sp³-hybridized carbons (Fsp3) is 0.500. The second-order valence-corrected chi connectivity index (χ2v) is 4.30. The molecule has 1 aromatic heterocycles. The number of nitrogens with zero attached hydrogens (tertiary/aromatic N) is 2. The first-order chi connectivity index (χ1) is 7.04. The molecular weight excluding hydrogens is 210 g/mol. The van der Waals surface area contributed by atoms with Crippen LogP contribution in [0.3, 0.4) is 0 Å². The van der Waals surface area contributed by atoms with E-state index in [0.29, 0.717) is 0 Å². The Labute approximate surface area is 92.9 Å². The zero-order chi connectivity index (χ0) is 11.4. The van der Waals surface area contributed by atoms with E-state index < -0.39 is 5.92 Å². The number of carbonyl (C=O) groups excluding carboxylic acids is 1. The first-order valence-corrected chi connectivity index (χ1v) is 5.54. The summed E-state index contributed by atoms with van der Waals surface area (Å²) in [5, 5.41) is 14.1. The van der Waals surface area contributed by atoms with Crippen LogP contribution in [-0.4, -0.2) is 10.9 Å². The van der Waals surface area contributed by atoms with Crippen LogP contribution in [0.1, 0.15) is 30.6 Å². The third-order valence-electron chi connectivity index (χ3n) is 1.95. The minimum absolute atomic E-state index is 0.132. The van der Waals surface area contributed by atoms with Crippen molar-refractivity contribution in [3.8, 4) is 6.07 Å². The van der Waals surface area contributed by atoms with Crippen molar-refractivity contribution in [2.24, 2.45) is 5.92 Å². The van der Waals surface area contributed by atoms with E-state index in [1.165, 1.54) is 11.3 Å². The van der Waals surface area contributed by atoms with E-state index in [9.17, 15) is 4.79 Å². The molecule has 2 unspecified atom stereocenters. The summed E-state index contributed by atoms with van der Waals surface area (Å²) in [6.07, 6.45) is 0. The van der Waals surface area contributed by atoms with Crippen LogP contribution in [0.25, 0.3) is 0 Å². The van der Waals surface area contributed by atoms with Gasteiger partial charge in [0.1, 0.15) is 10.9 Å². The molecule has 15 heavy (non-hydrogen) atoms. The standard InChI is InChI=1S/C10H13N3OS/c1-6(4-11)9(14)13-8(3)10-12-7(2)5-15-10/h5-6,8H,1-3H3,(H,13,14). The molecule has 0 radical (unpaired) electrons. The summed E-state index contributed by atoms with van der Waals surface area (Å²) >= 11 is 1.51. The molecule has 0 saturated heterocycles. The average Bonchev–Trinajstić information content (AvgIpc) is 2.63. The number of thiazole rings is 1. The molecule has 5 heteroatoms. The Morgan fingerprint density at radius 1 is 1.67 bits per heavy atom. The number of nitrogens with one attached hydrogen (secondary N) is 1. The van der Waals surface area contributed by atoms with Crippen molar-refractivity contribution in [2.75, 3.05) is 0 Å². The zero-order valence-corrected chi connectivity index (χ0v) is 9.76. The fourth-order valence-electron chi connectivity index (χ4n) is 1.03. The average molecular weight is 223 g/mol. The highest BCUT2D eigenvalue weighted by molar-refractivity contribution is 7.09. The van der Waals surface area contributed by atoms with Gasteiger partial charge in [-0.15, -0.1) is 11.3 Å². The van der Waals surface area contributed by atoms with Gasteiger partial charge in [0.25, 0.3) is 0 Å². The maximum atomic E-state index is 11.4. The van der Waals surface area contributed by atoms with Crippen LogP contribution in [-0.2, 0) is 4.79 Å². The number of aryl methyl sites for hydroxylation is 1. The van der Waals surface area contributed by atoms with Crippen LogP contribution in [0, 0.1) is 24.2 Å². The van der Waals surface area contributed by atoms with Crippen LogP contribution in [0.15, 0.2) is 5.38 Å². The summed E-state index contributed by atoms with van der Waals surface area (Å²) in [6.45, 7) is 5.35. The number of aromatic nitrogens is 1. The smallest absolute Gasteiger partial charge is 0.237 e. The minimum Gasteiger partial charge on any atom is -0.346 e. The van der Waals surface area contributed by atoms with E-state index in [2.05, 4.69) is 10.3 Å². The molecule has 2 atom stereocenters. The Balaban J connectivity index is 2.61. The van der Waals surface area contributed by atoms with Crippen LogP contribution < -0.4 is 5.32 Å². The van der Waals surface area contributed by atoms with Gasteiger partial charge in [-0.3, -0.25) is 4.79 Å². The summed E-state index contributed by atoms with van der Waals surface area (Å²) in [6, 6.07) is 1.77. The van der Waals surface area contributed by atoms with Gasteiger partial charge in [-0.25, -0.2) is 4.98 Å². The normalized spacial score (nSPS) is 14.0. The quantitative estimate of drug-likeness (QED) is 0.849. The molecule has 1 amide bonds. The van der Waals surface area contributed by atoms with E-state index >= 15 is 0 Å². The van der Waals surface area contributed by atoms with Gasteiger partial charge in [0.05, 0.1) is 12.1 Å². The number of hydrogen-bond acceptors (Lipinski definition) is 4. The van der Waals surface area contributed by atoms with E-state index in [1.807, 2.05) is 25.3 Å². The van der Waals surface area contributed by atoms with Crippen molar-refractivity contribution in [3.05, 3.63) is 16.1 Å². The lowest BCUT2D eigenvalue weighted by Crippen LogP contribution is -2.30. The van der Waals surface area contributed by atoms with Crippen molar-refractivity contribution in [2.45, 2.75) is 26.8 Å². The van der Waals surface area contributed by atoms with E-state index in [-0.39, 0.29) is 11.9 Å². The first-order valence-electron chi connectivity index (χ1n) is 4.66. The molecule has 0 bridgehead atoms. The van der Waals surface area contributed by atoms with Gasteiger partial charge < -0.3 is 5.32 Å². The third-order valence-corrected chi connectivity index (χ3v) is 3.10. The summed E-state index contributed by atoms with van der Waals surface area (Å²) in [5.41, 5.74) is 0.949. The Hall–Kier alpha value is -1.41. The number of rotatable bonds is 3.